The Bertz CT molecular complexity index is 492. The first-order chi connectivity index (χ1) is 9.66. The monoisotopic (exact) mass is 291 g/mol. The zero-order chi connectivity index (χ0) is 14.4. The Kier molecular flexibility index (Phi) is 5.29. The third-order valence-corrected chi connectivity index (χ3v) is 3.69. The van der Waals surface area contributed by atoms with Gasteiger partial charge in [0, 0.05) is 19.3 Å². The lowest BCUT2D eigenvalue weighted by molar-refractivity contribution is 0.428. The molecule has 6 heteroatoms. The van der Waals surface area contributed by atoms with E-state index in [1.165, 1.54) is 25.7 Å². The van der Waals surface area contributed by atoms with Crippen molar-refractivity contribution >= 4 is 23.2 Å². The Morgan fingerprint density at radius 2 is 2.05 bits per heavy atom. The highest BCUT2D eigenvalue weighted by atomic mass is 32.1. The van der Waals surface area contributed by atoms with Crippen LogP contribution in [0.1, 0.15) is 36.9 Å². The summed E-state index contributed by atoms with van der Waals surface area (Å²) in [5, 5.41) is 4.78. The number of thiocarbonyl (C=S) groups is 1. The third kappa shape index (κ3) is 4.16. The maximum absolute atomic E-state index is 5.92. The third-order valence-electron chi connectivity index (χ3n) is 3.34. The van der Waals surface area contributed by atoms with Gasteiger partial charge in [-0.1, -0.05) is 12.8 Å². The zero-order valence-electron chi connectivity index (χ0n) is 11.8. The molecule has 0 atom stereocenters. The molecule has 0 aromatic carbocycles. The van der Waals surface area contributed by atoms with E-state index in [0.717, 1.165) is 18.7 Å². The second-order valence-corrected chi connectivity index (χ2v) is 5.42. The fraction of sp³-hybridized carbons (Fsp3) is 0.500. The summed E-state index contributed by atoms with van der Waals surface area (Å²) in [5.41, 5.74) is 10.6. The van der Waals surface area contributed by atoms with Crippen LogP contribution in [0.2, 0.25) is 0 Å². The molecule has 1 fully saturated rings. The van der Waals surface area contributed by atoms with Gasteiger partial charge in [-0.2, -0.15) is 5.10 Å². The molecule has 1 aliphatic rings. The van der Waals surface area contributed by atoms with E-state index in [1.807, 2.05) is 19.1 Å². The lowest BCUT2D eigenvalue weighted by Gasteiger charge is -2.22. The second-order valence-electron chi connectivity index (χ2n) is 5.03. The fourth-order valence-electron chi connectivity index (χ4n) is 2.19. The van der Waals surface area contributed by atoms with E-state index in [1.54, 1.807) is 6.20 Å². The van der Waals surface area contributed by atoms with Crippen LogP contribution in [0.4, 0.5) is 0 Å². The topological polar surface area (TPSA) is 66.5 Å². The van der Waals surface area contributed by atoms with E-state index in [9.17, 15) is 0 Å². The van der Waals surface area contributed by atoms with Crippen LogP contribution in [0, 0.1) is 6.92 Å². The lowest BCUT2D eigenvalue weighted by Crippen LogP contribution is -2.39. The molecule has 0 amide bonds. The first-order valence-corrected chi connectivity index (χ1v) is 7.39. The van der Waals surface area contributed by atoms with Crippen molar-refractivity contribution in [3.63, 3.8) is 0 Å². The number of hydrogen-bond acceptors (Lipinski definition) is 3. The summed E-state index contributed by atoms with van der Waals surface area (Å²) in [6.45, 7) is 3.97. The SMILES string of the molecule is Cc1ccnc(/C(N)=N/NC(=S)N2CCCCCC2)c1. The lowest BCUT2D eigenvalue weighted by atomic mass is 10.2. The van der Waals surface area contributed by atoms with Crippen LogP contribution < -0.4 is 11.2 Å². The number of likely N-dealkylation sites (tertiary alicyclic amines) is 1. The summed E-state index contributed by atoms with van der Waals surface area (Å²) in [4.78, 5) is 6.35. The molecule has 1 saturated heterocycles. The van der Waals surface area contributed by atoms with E-state index in [0.29, 0.717) is 16.6 Å². The van der Waals surface area contributed by atoms with Crippen molar-refractivity contribution in [3.05, 3.63) is 29.6 Å². The summed E-state index contributed by atoms with van der Waals surface area (Å²) < 4.78 is 0. The van der Waals surface area contributed by atoms with Crippen LogP contribution in [0.25, 0.3) is 0 Å². The number of aromatic nitrogens is 1. The number of rotatable bonds is 2. The summed E-state index contributed by atoms with van der Waals surface area (Å²) >= 11 is 5.36. The summed E-state index contributed by atoms with van der Waals surface area (Å²) in [5.74, 6) is 0.353. The molecule has 0 bridgehead atoms. The minimum absolute atomic E-state index is 0.353. The van der Waals surface area contributed by atoms with E-state index >= 15 is 0 Å². The molecule has 20 heavy (non-hydrogen) atoms. The van der Waals surface area contributed by atoms with Gasteiger partial charge in [0.15, 0.2) is 10.9 Å². The predicted molar refractivity (Wildman–Crippen MR) is 85.5 cm³/mol. The standard InChI is InChI=1S/C14H21N5S/c1-11-6-7-16-12(10-11)13(15)17-18-14(20)19-8-4-2-3-5-9-19/h6-7,10H,2-5,8-9H2,1H3,(H2,15,17)(H,18,20). The van der Waals surface area contributed by atoms with Crippen molar-refractivity contribution in [3.8, 4) is 0 Å². The summed E-state index contributed by atoms with van der Waals surface area (Å²) in [7, 11) is 0. The average molecular weight is 291 g/mol. The van der Waals surface area contributed by atoms with Crippen LogP contribution in [0.3, 0.4) is 0 Å². The largest absolute Gasteiger partial charge is 0.380 e. The molecule has 5 nitrogen and oxygen atoms in total. The molecule has 2 heterocycles. The van der Waals surface area contributed by atoms with Gasteiger partial charge < -0.3 is 10.6 Å². The van der Waals surface area contributed by atoms with Gasteiger partial charge in [-0.25, -0.2) is 0 Å². The van der Waals surface area contributed by atoms with E-state index in [-0.39, 0.29) is 0 Å². The number of hydrogen-bond donors (Lipinski definition) is 2. The van der Waals surface area contributed by atoms with Crippen molar-refractivity contribution < 1.29 is 0 Å². The van der Waals surface area contributed by atoms with Crippen LogP contribution in [0.15, 0.2) is 23.4 Å². The maximum Gasteiger partial charge on any atom is 0.189 e. The molecule has 1 aromatic rings. The predicted octanol–water partition coefficient (Wildman–Crippen LogP) is 1.76. The molecule has 0 spiro atoms. The number of pyridine rings is 1. The Morgan fingerprint density at radius 3 is 2.70 bits per heavy atom. The van der Waals surface area contributed by atoms with Crippen molar-refractivity contribution in [2.45, 2.75) is 32.6 Å². The van der Waals surface area contributed by atoms with Crippen LogP contribution in [0.5, 0.6) is 0 Å². The number of nitrogens with zero attached hydrogens (tertiary/aromatic N) is 3. The van der Waals surface area contributed by atoms with E-state index < -0.39 is 0 Å². The molecule has 1 aliphatic heterocycles. The summed E-state index contributed by atoms with van der Waals surface area (Å²) in [6.07, 6.45) is 6.64. The normalized spacial score (nSPS) is 16.6. The molecule has 0 radical (unpaired) electrons. The molecule has 2 rings (SSSR count). The number of aryl methyl sites for hydroxylation is 1. The molecule has 0 saturated carbocycles. The number of nitrogens with two attached hydrogens (primary N) is 1. The van der Waals surface area contributed by atoms with Crippen molar-refractivity contribution in [2.75, 3.05) is 13.1 Å². The summed E-state index contributed by atoms with van der Waals surface area (Å²) in [6, 6.07) is 3.82. The minimum atomic E-state index is 0.353. The number of hydrazone groups is 1. The number of nitrogens with one attached hydrogen (secondary N) is 1. The van der Waals surface area contributed by atoms with Crippen LogP contribution in [-0.4, -0.2) is 33.9 Å². The van der Waals surface area contributed by atoms with Crippen molar-refractivity contribution in [2.24, 2.45) is 10.8 Å². The highest BCUT2D eigenvalue weighted by molar-refractivity contribution is 7.80. The van der Waals surface area contributed by atoms with E-state index in [4.69, 9.17) is 18.0 Å². The smallest absolute Gasteiger partial charge is 0.189 e. The zero-order valence-corrected chi connectivity index (χ0v) is 12.6. The first kappa shape index (κ1) is 14.7. The number of amidine groups is 1. The van der Waals surface area contributed by atoms with Crippen LogP contribution in [-0.2, 0) is 0 Å². The Hall–Kier alpha value is -1.69. The van der Waals surface area contributed by atoms with Crippen LogP contribution >= 0.6 is 12.2 Å². The molecule has 108 valence electrons. The van der Waals surface area contributed by atoms with Crippen molar-refractivity contribution in [1.82, 2.24) is 15.3 Å². The highest BCUT2D eigenvalue weighted by Crippen LogP contribution is 2.09. The molecular formula is C14H21N5S. The first-order valence-electron chi connectivity index (χ1n) is 6.98. The van der Waals surface area contributed by atoms with Gasteiger partial charge >= 0.3 is 0 Å². The molecule has 1 aromatic heterocycles. The second kappa shape index (κ2) is 7.19. The Labute approximate surface area is 125 Å². The van der Waals surface area contributed by atoms with Gasteiger partial charge in [0.25, 0.3) is 0 Å². The van der Waals surface area contributed by atoms with Gasteiger partial charge in [-0.3, -0.25) is 10.4 Å². The van der Waals surface area contributed by atoms with Gasteiger partial charge in [-0.05, 0) is 49.7 Å². The maximum atomic E-state index is 5.92. The minimum Gasteiger partial charge on any atom is -0.380 e. The van der Waals surface area contributed by atoms with Gasteiger partial charge in [0.05, 0.1) is 0 Å². The Morgan fingerprint density at radius 1 is 1.35 bits per heavy atom. The fourth-order valence-corrected chi connectivity index (χ4v) is 2.41. The van der Waals surface area contributed by atoms with E-state index in [2.05, 4.69) is 20.4 Å². The quantitative estimate of drug-likeness (QED) is 0.376. The molecular weight excluding hydrogens is 270 g/mol. The molecule has 0 unspecified atom stereocenters. The average Bonchev–Trinajstić information content (AvgIpc) is 2.73. The highest BCUT2D eigenvalue weighted by Gasteiger charge is 2.11. The van der Waals surface area contributed by atoms with Gasteiger partial charge in [0.1, 0.15) is 5.69 Å². The van der Waals surface area contributed by atoms with Gasteiger partial charge in [-0.15, -0.1) is 0 Å². The molecule has 3 N–H and O–H groups in total. The Balaban J connectivity index is 1.95. The molecule has 0 aliphatic carbocycles. The van der Waals surface area contributed by atoms with Gasteiger partial charge in [0.2, 0.25) is 0 Å². The van der Waals surface area contributed by atoms with Crippen molar-refractivity contribution in [1.29, 1.82) is 0 Å².